The van der Waals surface area contributed by atoms with Crippen molar-refractivity contribution in [2.75, 3.05) is 11.3 Å². The van der Waals surface area contributed by atoms with Crippen LogP contribution in [0.25, 0.3) is 0 Å². The number of rotatable bonds is 12. The number of nitrogens with two attached hydrogens (primary N) is 1. The van der Waals surface area contributed by atoms with Crippen LogP contribution in [0.5, 0.6) is 11.5 Å². The second kappa shape index (κ2) is 16.0. The number of guanidine groups is 1. The molecule has 0 atom stereocenters. The van der Waals surface area contributed by atoms with Crippen LogP contribution in [0.2, 0.25) is 10.0 Å². The molecule has 15 heteroatoms. The van der Waals surface area contributed by atoms with Crippen LogP contribution in [-0.4, -0.2) is 32.7 Å². The average molecular weight is 692 g/mol. The maximum absolute atomic E-state index is 13.1. The van der Waals surface area contributed by atoms with Crippen molar-refractivity contribution in [3.63, 3.8) is 0 Å². The highest BCUT2D eigenvalue weighted by atomic mass is 35.5. The van der Waals surface area contributed by atoms with E-state index >= 15 is 0 Å². The summed E-state index contributed by atoms with van der Waals surface area (Å²) in [5.41, 5.74) is 7.40. The van der Waals surface area contributed by atoms with E-state index in [1.807, 2.05) is 24.3 Å². The first-order chi connectivity index (χ1) is 21.0. The first-order valence-electron chi connectivity index (χ1n) is 13.1. The van der Waals surface area contributed by atoms with Gasteiger partial charge in [0.15, 0.2) is 11.7 Å². The summed E-state index contributed by atoms with van der Waals surface area (Å²) in [5, 5.41) is 15.8. The molecule has 0 aromatic heterocycles. The summed E-state index contributed by atoms with van der Waals surface area (Å²) in [5.74, 6) is -0.552. The molecule has 236 valence electrons. The van der Waals surface area contributed by atoms with Gasteiger partial charge in [-0.1, -0.05) is 59.6 Å². The van der Waals surface area contributed by atoms with E-state index in [0.29, 0.717) is 17.3 Å². The molecule has 7 N–H and O–H groups in total. The number of hydrogen-bond donors (Lipinski definition) is 6. The Morgan fingerprint density at radius 2 is 1.42 bits per heavy atom. The SMILES string of the molecule is Cl.N=C(N)NCc1ccc(CNC(=O)CNC(=O)c2ccc(S(=O)(=O)Nc3ccccc3Oc3ccc(Cl)cc3Cl)cc2)cc1. The van der Waals surface area contributed by atoms with Crippen LogP contribution in [0.3, 0.4) is 0 Å². The zero-order valence-electron chi connectivity index (χ0n) is 23.5. The average Bonchev–Trinajstić information content (AvgIpc) is 3.00. The summed E-state index contributed by atoms with van der Waals surface area (Å²) < 4.78 is 34.5. The number of carbonyl (C=O) groups excluding carboxylic acids is 2. The Morgan fingerprint density at radius 3 is 2.04 bits per heavy atom. The van der Waals surface area contributed by atoms with Gasteiger partial charge in [-0.2, -0.15) is 0 Å². The van der Waals surface area contributed by atoms with Crippen molar-refractivity contribution < 1.29 is 22.7 Å². The molecule has 4 aromatic carbocycles. The summed E-state index contributed by atoms with van der Waals surface area (Å²) in [4.78, 5) is 24.7. The minimum atomic E-state index is -4.06. The summed E-state index contributed by atoms with van der Waals surface area (Å²) in [7, 11) is -4.06. The molecule has 45 heavy (non-hydrogen) atoms. The van der Waals surface area contributed by atoms with Crippen molar-refractivity contribution >= 4 is 69.1 Å². The van der Waals surface area contributed by atoms with Gasteiger partial charge in [-0.05, 0) is 65.7 Å². The number of hydrogen-bond acceptors (Lipinski definition) is 6. The van der Waals surface area contributed by atoms with Crippen LogP contribution in [0, 0.1) is 5.41 Å². The predicted octanol–water partition coefficient (Wildman–Crippen LogP) is 5.04. The molecule has 0 aliphatic carbocycles. The molecule has 11 nitrogen and oxygen atoms in total. The Morgan fingerprint density at radius 1 is 0.800 bits per heavy atom. The van der Waals surface area contributed by atoms with Gasteiger partial charge in [0.25, 0.3) is 15.9 Å². The van der Waals surface area contributed by atoms with E-state index in [1.54, 1.807) is 30.3 Å². The highest BCUT2D eigenvalue weighted by Crippen LogP contribution is 2.35. The largest absolute Gasteiger partial charge is 0.454 e. The topological polar surface area (TPSA) is 175 Å². The fourth-order valence-corrected chi connectivity index (χ4v) is 5.32. The van der Waals surface area contributed by atoms with E-state index < -0.39 is 21.8 Å². The van der Waals surface area contributed by atoms with E-state index in [9.17, 15) is 18.0 Å². The Hall–Kier alpha value is -4.49. The van der Waals surface area contributed by atoms with Crippen molar-refractivity contribution in [1.29, 1.82) is 5.41 Å². The maximum atomic E-state index is 13.1. The lowest BCUT2D eigenvalue weighted by Crippen LogP contribution is -2.36. The second-order valence-electron chi connectivity index (χ2n) is 9.35. The lowest BCUT2D eigenvalue weighted by molar-refractivity contribution is -0.120. The van der Waals surface area contributed by atoms with Crippen LogP contribution in [0.15, 0.2) is 95.9 Å². The van der Waals surface area contributed by atoms with Gasteiger partial charge >= 0.3 is 0 Å². The lowest BCUT2D eigenvalue weighted by atomic mass is 10.1. The number of benzene rings is 4. The molecule has 4 rings (SSSR count). The molecule has 0 unspecified atom stereocenters. The highest BCUT2D eigenvalue weighted by molar-refractivity contribution is 7.92. The first kappa shape index (κ1) is 35.0. The molecule has 0 bridgehead atoms. The number of nitrogens with one attached hydrogen (secondary N) is 5. The van der Waals surface area contributed by atoms with E-state index in [0.717, 1.165) is 11.1 Å². The minimum absolute atomic E-state index is 0. The van der Waals surface area contributed by atoms with Crippen molar-refractivity contribution in [1.82, 2.24) is 16.0 Å². The zero-order valence-corrected chi connectivity index (χ0v) is 26.6. The molecule has 0 heterocycles. The maximum Gasteiger partial charge on any atom is 0.262 e. The highest BCUT2D eigenvalue weighted by Gasteiger charge is 2.18. The number of amides is 2. The summed E-state index contributed by atoms with van der Waals surface area (Å²) in [6.07, 6.45) is 0. The summed E-state index contributed by atoms with van der Waals surface area (Å²) >= 11 is 12.1. The third-order valence-electron chi connectivity index (χ3n) is 6.08. The molecule has 0 spiro atoms. The fraction of sp³-hybridized carbons (Fsp3) is 0.100. The van der Waals surface area contributed by atoms with Gasteiger partial charge in [-0.25, -0.2) is 8.42 Å². The van der Waals surface area contributed by atoms with Crippen molar-refractivity contribution in [3.05, 3.63) is 118 Å². The smallest absolute Gasteiger partial charge is 0.262 e. The van der Waals surface area contributed by atoms with Gasteiger partial charge in [-0.15, -0.1) is 12.4 Å². The lowest BCUT2D eigenvalue weighted by Gasteiger charge is -2.14. The zero-order chi connectivity index (χ0) is 31.7. The molecule has 0 aliphatic heterocycles. The second-order valence-corrected chi connectivity index (χ2v) is 11.9. The van der Waals surface area contributed by atoms with Gasteiger partial charge in [0.05, 0.1) is 22.2 Å². The van der Waals surface area contributed by atoms with Crippen molar-refractivity contribution in [2.24, 2.45) is 5.73 Å². The normalized spacial score (nSPS) is 10.6. The van der Waals surface area contributed by atoms with Crippen molar-refractivity contribution in [3.8, 4) is 11.5 Å². The standard InChI is InChI=1S/C30H28Cl2N6O5S.ClH/c31-22-11-14-26(24(32)15-22)43-27-4-2-1-3-25(27)38-44(41,42)23-12-9-21(10-13-23)29(40)36-18-28(39)35-16-19-5-7-20(8-6-19)17-37-30(33)34;/h1-15,38H,16-18H2,(H,35,39)(H,36,40)(H4,33,34,37);1H. The van der Waals surface area contributed by atoms with Gasteiger partial charge in [0, 0.05) is 23.7 Å². The third kappa shape index (κ3) is 10.3. The van der Waals surface area contributed by atoms with E-state index in [-0.39, 0.29) is 58.4 Å². The molecular formula is C30H29Cl3N6O5S. The Balaban J connectivity index is 0.00000552. The summed E-state index contributed by atoms with van der Waals surface area (Å²) in [6.45, 7) is 0.409. The molecule has 0 saturated carbocycles. The molecule has 0 fully saturated rings. The van der Waals surface area contributed by atoms with E-state index in [4.69, 9.17) is 39.1 Å². The van der Waals surface area contributed by atoms with Gasteiger partial charge in [-0.3, -0.25) is 19.7 Å². The molecule has 2 amide bonds. The van der Waals surface area contributed by atoms with Crippen LogP contribution in [0.1, 0.15) is 21.5 Å². The van der Waals surface area contributed by atoms with Gasteiger partial charge < -0.3 is 26.4 Å². The monoisotopic (exact) mass is 690 g/mol. The van der Waals surface area contributed by atoms with E-state index in [2.05, 4.69) is 20.7 Å². The number of para-hydroxylation sites is 2. The minimum Gasteiger partial charge on any atom is -0.454 e. The Labute approximate surface area is 276 Å². The quantitative estimate of drug-likeness (QED) is 0.0891. The number of sulfonamides is 1. The van der Waals surface area contributed by atoms with Crippen LogP contribution in [-0.2, 0) is 27.9 Å². The molecule has 0 aliphatic rings. The Bertz CT molecular complexity index is 1770. The number of ether oxygens (including phenoxy) is 1. The summed E-state index contributed by atoms with van der Waals surface area (Å²) in [6, 6.07) is 23.7. The number of anilines is 1. The number of carbonyl (C=O) groups is 2. The Kier molecular flexibility index (Phi) is 12.4. The molecule has 0 radical (unpaired) electrons. The first-order valence-corrected chi connectivity index (χ1v) is 15.3. The van der Waals surface area contributed by atoms with Gasteiger partial charge in [0.2, 0.25) is 5.91 Å². The van der Waals surface area contributed by atoms with Crippen LogP contribution in [0.4, 0.5) is 5.69 Å². The number of halogens is 3. The third-order valence-corrected chi connectivity index (χ3v) is 7.99. The predicted molar refractivity (Wildman–Crippen MR) is 177 cm³/mol. The van der Waals surface area contributed by atoms with Gasteiger partial charge in [0.1, 0.15) is 5.75 Å². The van der Waals surface area contributed by atoms with Crippen molar-refractivity contribution in [2.45, 2.75) is 18.0 Å². The van der Waals surface area contributed by atoms with E-state index in [1.165, 1.54) is 36.4 Å². The molecular weight excluding hydrogens is 663 g/mol. The van der Waals surface area contributed by atoms with Crippen LogP contribution < -0.4 is 31.1 Å². The fourth-order valence-electron chi connectivity index (χ4n) is 3.80. The van der Waals surface area contributed by atoms with Crippen LogP contribution >= 0.6 is 35.6 Å². The molecule has 4 aromatic rings. The molecule has 0 saturated heterocycles.